The van der Waals surface area contributed by atoms with Crippen molar-refractivity contribution in [3.63, 3.8) is 0 Å². The first-order valence-electron chi connectivity index (χ1n) is 9.02. The number of nitrogens with zero attached hydrogens (tertiary/aromatic N) is 4. The molecule has 0 amide bonds. The molecular weight excluding hydrogens is 394 g/mol. The van der Waals surface area contributed by atoms with E-state index in [1.807, 2.05) is 0 Å². The minimum atomic E-state index is -0.699. The number of nitriles is 1. The maximum Gasteiger partial charge on any atom is 0.325 e. The van der Waals surface area contributed by atoms with Crippen molar-refractivity contribution in [3.05, 3.63) is 86.0 Å². The molecule has 0 spiro atoms. The van der Waals surface area contributed by atoms with Crippen molar-refractivity contribution in [3.8, 4) is 17.3 Å². The third-order valence-corrected chi connectivity index (χ3v) is 5.28. The number of hydrogen-bond acceptors (Lipinski definition) is 5. The molecule has 1 aliphatic carbocycles. The van der Waals surface area contributed by atoms with Crippen molar-refractivity contribution in [1.82, 2.24) is 24.6 Å². The Kier molecular flexibility index (Phi) is 3.86. The van der Waals surface area contributed by atoms with Gasteiger partial charge in [-0.05, 0) is 42.0 Å². The molecule has 1 aromatic carbocycles. The molecule has 2 atom stereocenters. The van der Waals surface area contributed by atoms with Gasteiger partial charge in [-0.15, -0.1) is 0 Å². The smallest absolute Gasteiger partial charge is 0.313 e. The summed E-state index contributed by atoms with van der Waals surface area (Å²) in [4.78, 5) is 32.1. The number of fused-ring (bicyclic) bond motifs is 1. The van der Waals surface area contributed by atoms with Crippen LogP contribution in [-0.4, -0.2) is 24.6 Å². The number of nitrogens with one attached hydrogen (secondary N) is 2. The van der Waals surface area contributed by atoms with Crippen LogP contribution in [0.3, 0.4) is 0 Å². The van der Waals surface area contributed by atoms with E-state index >= 15 is 0 Å². The summed E-state index contributed by atoms with van der Waals surface area (Å²) in [7, 11) is 0. The van der Waals surface area contributed by atoms with Gasteiger partial charge in [-0.3, -0.25) is 9.78 Å². The maximum atomic E-state index is 14.2. The second-order valence-electron chi connectivity index (χ2n) is 7.09. The average molecular weight is 406 g/mol. The Morgan fingerprint density at radius 2 is 2.03 bits per heavy atom. The summed E-state index contributed by atoms with van der Waals surface area (Å²) in [6, 6.07) is 7.89. The van der Waals surface area contributed by atoms with Gasteiger partial charge in [0, 0.05) is 11.8 Å². The fourth-order valence-electron chi connectivity index (χ4n) is 3.73. The molecular formula is C20H12F2N6O2. The number of rotatable bonds is 3. The van der Waals surface area contributed by atoms with Crippen LogP contribution < -0.4 is 11.2 Å². The van der Waals surface area contributed by atoms with E-state index in [4.69, 9.17) is 5.26 Å². The Labute approximate surface area is 166 Å². The molecule has 0 bridgehead atoms. The Morgan fingerprint density at radius 1 is 1.20 bits per heavy atom. The Hall–Kier alpha value is -4.13. The van der Waals surface area contributed by atoms with E-state index in [2.05, 4.69) is 20.1 Å². The highest BCUT2D eigenvalue weighted by Crippen LogP contribution is 2.55. The number of benzene rings is 1. The topological polar surface area (TPSA) is 120 Å². The fraction of sp³-hybridized carbons (Fsp3) is 0.150. The summed E-state index contributed by atoms with van der Waals surface area (Å²) in [6.07, 6.45) is 2.92. The summed E-state index contributed by atoms with van der Waals surface area (Å²) in [6.45, 7) is 0. The monoisotopic (exact) mass is 406 g/mol. The zero-order valence-electron chi connectivity index (χ0n) is 15.2. The number of hydrogen-bond donors (Lipinski definition) is 2. The zero-order chi connectivity index (χ0) is 21.0. The van der Waals surface area contributed by atoms with Crippen molar-refractivity contribution in [1.29, 1.82) is 5.26 Å². The van der Waals surface area contributed by atoms with Crippen LogP contribution in [0.15, 0.2) is 46.2 Å². The van der Waals surface area contributed by atoms with Crippen molar-refractivity contribution < 1.29 is 8.78 Å². The van der Waals surface area contributed by atoms with E-state index in [9.17, 15) is 18.4 Å². The first-order valence-corrected chi connectivity index (χ1v) is 9.02. The summed E-state index contributed by atoms with van der Waals surface area (Å²) in [5.74, 6) is -1.42. The van der Waals surface area contributed by atoms with E-state index < -0.39 is 23.0 Å². The minimum absolute atomic E-state index is 0.0304. The molecule has 5 rings (SSSR count). The lowest BCUT2D eigenvalue weighted by Gasteiger charge is -2.08. The van der Waals surface area contributed by atoms with E-state index in [0.717, 1.165) is 16.3 Å². The lowest BCUT2D eigenvalue weighted by molar-refractivity contribution is 0.549. The van der Waals surface area contributed by atoms with E-state index in [-0.39, 0.29) is 28.7 Å². The molecule has 30 heavy (non-hydrogen) atoms. The average Bonchev–Trinajstić information content (AvgIpc) is 3.44. The molecule has 3 heterocycles. The van der Waals surface area contributed by atoms with Gasteiger partial charge in [0.15, 0.2) is 5.65 Å². The molecule has 1 aliphatic rings. The maximum absolute atomic E-state index is 14.2. The Morgan fingerprint density at radius 3 is 2.77 bits per heavy atom. The fourth-order valence-corrected chi connectivity index (χ4v) is 3.73. The Bertz CT molecular complexity index is 1480. The number of halogens is 2. The van der Waals surface area contributed by atoms with Gasteiger partial charge in [0.1, 0.15) is 11.9 Å². The highest BCUT2D eigenvalue weighted by Gasteiger charge is 2.42. The molecule has 3 aromatic heterocycles. The van der Waals surface area contributed by atoms with Gasteiger partial charge >= 0.3 is 5.69 Å². The van der Waals surface area contributed by atoms with Gasteiger partial charge in [0.2, 0.25) is 5.95 Å². The molecule has 4 aromatic rings. The van der Waals surface area contributed by atoms with Gasteiger partial charge in [0.05, 0.1) is 23.0 Å². The number of aromatic nitrogens is 5. The van der Waals surface area contributed by atoms with Crippen LogP contribution in [-0.2, 0) is 0 Å². The van der Waals surface area contributed by atoms with Crippen LogP contribution in [0.5, 0.6) is 0 Å². The summed E-state index contributed by atoms with van der Waals surface area (Å²) in [5.41, 5.74) is 0.584. The van der Waals surface area contributed by atoms with Crippen LogP contribution in [0.4, 0.5) is 8.78 Å². The first-order chi connectivity index (χ1) is 14.5. The largest absolute Gasteiger partial charge is 0.325 e. The predicted molar refractivity (Wildman–Crippen MR) is 101 cm³/mol. The second-order valence-corrected chi connectivity index (χ2v) is 7.09. The van der Waals surface area contributed by atoms with Crippen molar-refractivity contribution >= 4 is 5.65 Å². The Balaban J connectivity index is 1.61. The SMILES string of the molecule is N#Cc1ccc([C@H]2C[C@@H]2c2cc(-c3c[nH]c(=O)[nH]c3=O)nn3c(F)cnc23)cc1F. The van der Waals surface area contributed by atoms with Crippen LogP contribution >= 0.6 is 0 Å². The lowest BCUT2D eigenvalue weighted by atomic mass is 10.0. The van der Waals surface area contributed by atoms with Gasteiger partial charge in [-0.2, -0.15) is 19.3 Å². The summed E-state index contributed by atoms with van der Waals surface area (Å²) in [5, 5.41) is 13.0. The normalized spacial score (nSPS) is 17.8. The molecule has 148 valence electrons. The highest BCUT2D eigenvalue weighted by atomic mass is 19.1. The molecule has 10 heteroatoms. The lowest BCUT2D eigenvalue weighted by Crippen LogP contribution is -2.23. The zero-order valence-corrected chi connectivity index (χ0v) is 15.2. The first kappa shape index (κ1) is 17.9. The molecule has 0 radical (unpaired) electrons. The number of H-pyrrole nitrogens is 2. The van der Waals surface area contributed by atoms with Crippen LogP contribution in [0.25, 0.3) is 16.9 Å². The quantitative estimate of drug-likeness (QED) is 0.541. The third kappa shape index (κ3) is 2.79. The van der Waals surface area contributed by atoms with E-state index in [0.29, 0.717) is 17.6 Å². The predicted octanol–water partition coefficient (Wildman–Crippen LogP) is 2.19. The molecule has 0 aliphatic heterocycles. The third-order valence-electron chi connectivity index (χ3n) is 5.28. The van der Waals surface area contributed by atoms with E-state index in [1.165, 1.54) is 18.3 Å². The van der Waals surface area contributed by atoms with Crippen LogP contribution in [0, 0.1) is 23.1 Å². The summed E-state index contributed by atoms with van der Waals surface area (Å²) >= 11 is 0. The molecule has 1 fully saturated rings. The summed E-state index contributed by atoms with van der Waals surface area (Å²) < 4.78 is 29.3. The van der Waals surface area contributed by atoms with Crippen LogP contribution in [0.2, 0.25) is 0 Å². The van der Waals surface area contributed by atoms with E-state index in [1.54, 1.807) is 18.2 Å². The molecule has 1 saturated carbocycles. The van der Waals surface area contributed by atoms with Crippen molar-refractivity contribution in [2.75, 3.05) is 0 Å². The highest BCUT2D eigenvalue weighted by molar-refractivity contribution is 5.63. The van der Waals surface area contributed by atoms with Gasteiger partial charge in [-0.1, -0.05) is 6.07 Å². The molecule has 8 nitrogen and oxygen atoms in total. The van der Waals surface area contributed by atoms with Crippen molar-refractivity contribution in [2.24, 2.45) is 0 Å². The van der Waals surface area contributed by atoms with Gasteiger partial charge < -0.3 is 4.98 Å². The second kappa shape index (κ2) is 6.45. The minimum Gasteiger partial charge on any atom is -0.313 e. The molecule has 0 saturated heterocycles. The standard InChI is InChI=1S/C20H12F2N6O2/c21-15-3-9(1-2-10(15)6-23)11-4-12(11)13-5-16(14-7-25-20(30)26-19(14)29)27-28-17(22)8-24-18(13)28/h1-3,5,7-8,11-12H,4H2,(H2,25,26,29,30)/t11-,12+/m1/s1. The number of imidazole rings is 1. The molecule has 2 N–H and O–H groups in total. The van der Waals surface area contributed by atoms with Crippen molar-refractivity contribution in [2.45, 2.75) is 18.3 Å². The number of aromatic amines is 2. The van der Waals surface area contributed by atoms with Gasteiger partial charge in [-0.25, -0.2) is 14.2 Å². The van der Waals surface area contributed by atoms with Gasteiger partial charge in [0.25, 0.3) is 5.56 Å². The molecule has 0 unspecified atom stereocenters. The van der Waals surface area contributed by atoms with Crippen LogP contribution in [0.1, 0.15) is 34.9 Å².